The molecule has 2 aromatic carbocycles. The van der Waals surface area contributed by atoms with E-state index in [1.807, 2.05) is 0 Å². The van der Waals surface area contributed by atoms with Gasteiger partial charge in [0.2, 0.25) is 0 Å². The smallest absolute Gasteiger partial charge is 0.416 e. The molecule has 7 heteroatoms. The molecule has 0 fully saturated rings. The van der Waals surface area contributed by atoms with E-state index in [-0.39, 0.29) is 11.3 Å². The third-order valence-electron chi connectivity index (χ3n) is 3.39. The van der Waals surface area contributed by atoms with E-state index in [1.54, 1.807) is 31.3 Å². The minimum atomic E-state index is -4.47. The Morgan fingerprint density at radius 2 is 1.77 bits per heavy atom. The average Bonchev–Trinajstić information content (AvgIpc) is 2.83. The lowest BCUT2D eigenvalue weighted by molar-refractivity contribution is -0.137. The summed E-state index contributed by atoms with van der Waals surface area (Å²) in [6, 6.07) is 10.1. The number of nitrogens with one attached hydrogen (secondary N) is 1. The number of rotatable bonds is 2. The average molecular weight is 307 g/mol. The third kappa shape index (κ3) is 2.34. The molecule has 22 heavy (non-hydrogen) atoms. The number of hydrogen-bond acceptors (Lipinski definition) is 3. The Bertz CT molecular complexity index is 822. The first-order valence-corrected chi connectivity index (χ1v) is 6.47. The molecule has 114 valence electrons. The van der Waals surface area contributed by atoms with Gasteiger partial charge >= 0.3 is 6.18 Å². The van der Waals surface area contributed by atoms with Gasteiger partial charge in [-0.15, -0.1) is 0 Å². The summed E-state index contributed by atoms with van der Waals surface area (Å²) in [7, 11) is 1.77. The van der Waals surface area contributed by atoms with Crippen molar-refractivity contribution >= 4 is 16.7 Å². The van der Waals surface area contributed by atoms with Crippen molar-refractivity contribution in [3.63, 3.8) is 0 Å². The van der Waals surface area contributed by atoms with Crippen molar-refractivity contribution in [2.75, 3.05) is 12.4 Å². The zero-order chi connectivity index (χ0) is 15.9. The molecule has 0 saturated heterocycles. The minimum absolute atomic E-state index is 0.0162. The van der Waals surface area contributed by atoms with Crippen LogP contribution in [0.1, 0.15) is 5.56 Å². The van der Waals surface area contributed by atoms with Gasteiger partial charge in [0, 0.05) is 18.3 Å². The minimum Gasteiger partial charge on any atom is -0.426 e. The van der Waals surface area contributed by atoms with Gasteiger partial charge in [-0.3, -0.25) is 0 Å². The first kappa shape index (κ1) is 14.2. The van der Waals surface area contributed by atoms with Crippen LogP contribution in [0.15, 0.2) is 42.5 Å². The summed E-state index contributed by atoms with van der Waals surface area (Å²) < 4.78 is 38.9. The number of anilines is 1. The van der Waals surface area contributed by atoms with Gasteiger partial charge in [0.15, 0.2) is 5.82 Å². The zero-order valence-electron chi connectivity index (χ0n) is 11.5. The van der Waals surface area contributed by atoms with Gasteiger partial charge in [-0.2, -0.15) is 17.9 Å². The normalized spacial score (nSPS) is 11.8. The Balaban J connectivity index is 2.13. The molecule has 1 aromatic heterocycles. The van der Waals surface area contributed by atoms with Crippen LogP contribution < -0.4 is 5.32 Å². The van der Waals surface area contributed by atoms with Gasteiger partial charge in [0.25, 0.3) is 0 Å². The number of benzene rings is 2. The van der Waals surface area contributed by atoms with Crippen molar-refractivity contribution in [1.82, 2.24) is 9.71 Å². The second-order valence-electron chi connectivity index (χ2n) is 4.78. The van der Waals surface area contributed by atoms with Crippen LogP contribution in [0.3, 0.4) is 0 Å². The molecule has 0 atom stereocenters. The van der Waals surface area contributed by atoms with Crippen molar-refractivity contribution in [1.29, 1.82) is 0 Å². The molecule has 3 rings (SSSR count). The Hall–Kier alpha value is -2.70. The van der Waals surface area contributed by atoms with Crippen LogP contribution in [0.5, 0.6) is 0 Å². The molecule has 2 N–H and O–H groups in total. The summed E-state index contributed by atoms with van der Waals surface area (Å²) in [6.45, 7) is 0. The predicted octanol–water partition coefficient (Wildman–Crippen LogP) is 4.00. The topological polar surface area (TPSA) is 50.1 Å². The lowest BCUT2D eigenvalue weighted by Gasteiger charge is -2.06. The predicted molar refractivity (Wildman–Crippen MR) is 76.9 cm³/mol. The van der Waals surface area contributed by atoms with Crippen molar-refractivity contribution in [3.05, 3.63) is 48.0 Å². The first-order valence-electron chi connectivity index (χ1n) is 6.47. The van der Waals surface area contributed by atoms with Crippen LogP contribution >= 0.6 is 0 Å². The van der Waals surface area contributed by atoms with Gasteiger partial charge in [-0.05, 0) is 42.5 Å². The second-order valence-corrected chi connectivity index (χ2v) is 4.78. The molecule has 3 aromatic rings. The number of nitrogens with zero attached hydrogens (tertiary/aromatic N) is 2. The van der Waals surface area contributed by atoms with Gasteiger partial charge in [0.05, 0.1) is 11.1 Å². The van der Waals surface area contributed by atoms with Gasteiger partial charge in [-0.1, -0.05) is 0 Å². The molecule has 1 heterocycles. The maximum atomic E-state index is 12.7. The molecule has 4 nitrogen and oxygen atoms in total. The van der Waals surface area contributed by atoms with Crippen LogP contribution in [0.2, 0.25) is 0 Å². The standard InChI is InChI=1S/C15H12F3N3O/c1-19-11-5-2-9(3-6-11)14-20-12-7-4-10(15(16,17)18)8-13(12)21(14)22/h2-8,19,22H,1H3. The lowest BCUT2D eigenvalue weighted by atomic mass is 10.2. The lowest BCUT2D eigenvalue weighted by Crippen LogP contribution is -2.04. The van der Waals surface area contributed by atoms with E-state index < -0.39 is 11.7 Å². The number of hydrogen-bond donors (Lipinski definition) is 2. The summed E-state index contributed by atoms with van der Waals surface area (Å²) in [4.78, 5) is 4.19. The zero-order valence-corrected chi connectivity index (χ0v) is 11.5. The fourth-order valence-electron chi connectivity index (χ4n) is 2.21. The molecule has 0 saturated carbocycles. The van der Waals surface area contributed by atoms with E-state index in [0.29, 0.717) is 15.8 Å². The van der Waals surface area contributed by atoms with E-state index >= 15 is 0 Å². The Morgan fingerprint density at radius 3 is 2.36 bits per heavy atom. The molecular weight excluding hydrogens is 295 g/mol. The fraction of sp³-hybridized carbons (Fsp3) is 0.133. The molecule has 0 aliphatic heterocycles. The highest BCUT2D eigenvalue weighted by molar-refractivity contribution is 5.81. The third-order valence-corrected chi connectivity index (χ3v) is 3.39. The van der Waals surface area contributed by atoms with Gasteiger partial charge in [-0.25, -0.2) is 4.98 Å². The van der Waals surface area contributed by atoms with Crippen LogP contribution in [0.25, 0.3) is 22.4 Å². The summed E-state index contributed by atoms with van der Waals surface area (Å²) in [5.41, 5.74) is 0.966. The maximum Gasteiger partial charge on any atom is 0.416 e. The molecule has 0 aliphatic rings. The van der Waals surface area contributed by atoms with Crippen LogP contribution in [-0.2, 0) is 6.18 Å². The van der Waals surface area contributed by atoms with E-state index in [9.17, 15) is 18.4 Å². The SMILES string of the molecule is CNc1ccc(-c2nc3ccc(C(F)(F)F)cc3n2O)cc1. The summed E-state index contributed by atoms with van der Waals surface area (Å²) >= 11 is 0. The molecule has 0 radical (unpaired) electrons. The molecule has 0 spiro atoms. The Kier molecular flexibility index (Phi) is 3.20. The highest BCUT2D eigenvalue weighted by Gasteiger charge is 2.31. The fourth-order valence-corrected chi connectivity index (χ4v) is 2.21. The van der Waals surface area contributed by atoms with Crippen LogP contribution in [-0.4, -0.2) is 22.0 Å². The van der Waals surface area contributed by atoms with Crippen molar-refractivity contribution in [3.8, 4) is 11.4 Å². The number of halogens is 3. The largest absolute Gasteiger partial charge is 0.426 e. The summed E-state index contributed by atoms with van der Waals surface area (Å²) in [5.74, 6) is 0.192. The van der Waals surface area contributed by atoms with E-state index in [1.165, 1.54) is 6.07 Å². The van der Waals surface area contributed by atoms with Gasteiger partial charge < -0.3 is 10.5 Å². The second kappa shape index (κ2) is 4.94. The number of fused-ring (bicyclic) bond motifs is 1. The number of imidazole rings is 1. The summed E-state index contributed by atoms with van der Waals surface area (Å²) in [6.07, 6.45) is -4.47. The number of alkyl halides is 3. The molecular formula is C15H12F3N3O. The highest BCUT2D eigenvalue weighted by Crippen LogP contribution is 2.32. The maximum absolute atomic E-state index is 12.7. The molecule has 0 bridgehead atoms. The quantitative estimate of drug-likeness (QED) is 0.704. The van der Waals surface area contributed by atoms with E-state index in [4.69, 9.17) is 0 Å². The Morgan fingerprint density at radius 1 is 1.09 bits per heavy atom. The first-order chi connectivity index (χ1) is 10.4. The van der Waals surface area contributed by atoms with Crippen LogP contribution in [0.4, 0.5) is 18.9 Å². The van der Waals surface area contributed by atoms with E-state index in [2.05, 4.69) is 10.3 Å². The molecule has 0 aliphatic carbocycles. The van der Waals surface area contributed by atoms with Crippen molar-refractivity contribution < 1.29 is 18.4 Å². The van der Waals surface area contributed by atoms with Crippen molar-refractivity contribution in [2.45, 2.75) is 6.18 Å². The van der Waals surface area contributed by atoms with Crippen molar-refractivity contribution in [2.24, 2.45) is 0 Å². The molecule has 0 unspecified atom stereocenters. The van der Waals surface area contributed by atoms with Crippen LogP contribution in [0, 0.1) is 0 Å². The number of aromatic nitrogens is 2. The summed E-state index contributed by atoms with van der Waals surface area (Å²) in [5, 5.41) is 13.1. The molecule has 0 amide bonds. The Labute approximate surface area is 123 Å². The monoisotopic (exact) mass is 307 g/mol. The van der Waals surface area contributed by atoms with Gasteiger partial charge in [0.1, 0.15) is 5.52 Å². The highest BCUT2D eigenvalue weighted by atomic mass is 19.4. The van der Waals surface area contributed by atoms with E-state index in [0.717, 1.165) is 17.8 Å².